The lowest BCUT2D eigenvalue weighted by molar-refractivity contribution is -0.118. The van der Waals surface area contributed by atoms with Gasteiger partial charge in [-0.15, -0.1) is 10.2 Å². The van der Waals surface area contributed by atoms with E-state index in [1.165, 1.54) is 43.2 Å². The van der Waals surface area contributed by atoms with Gasteiger partial charge in [-0.1, -0.05) is 36.4 Å². The van der Waals surface area contributed by atoms with Gasteiger partial charge in [0.25, 0.3) is 0 Å². The molecule has 0 aliphatic carbocycles. The minimum absolute atomic E-state index is 0.114. The van der Waals surface area contributed by atoms with Gasteiger partial charge in [0, 0.05) is 17.8 Å². The molecule has 2 heterocycles. The maximum absolute atomic E-state index is 13.5. The summed E-state index contributed by atoms with van der Waals surface area (Å²) in [5.74, 6) is 1.31. The number of carbonyl (C=O) groups is 1. The molecular formula is C24H28FN5O2S. The Balaban J connectivity index is 1.45. The van der Waals surface area contributed by atoms with Gasteiger partial charge < -0.3 is 10.1 Å². The number of aromatic nitrogens is 3. The van der Waals surface area contributed by atoms with Crippen LogP contribution in [0.3, 0.4) is 0 Å². The Morgan fingerprint density at radius 3 is 2.61 bits per heavy atom. The molecule has 33 heavy (non-hydrogen) atoms. The highest BCUT2D eigenvalue weighted by Gasteiger charge is 2.19. The lowest BCUT2D eigenvalue weighted by Gasteiger charge is -2.26. The Morgan fingerprint density at radius 1 is 1.09 bits per heavy atom. The number of likely N-dealkylation sites (tertiary alicyclic amines) is 1. The van der Waals surface area contributed by atoms with Crippen LogP contribution in [0.4, 0.5) is 4.39 Å². The first-order valence-corrected chi connectivity index (χ1v) is 12.1. The molecule has 0 radical (unpaired) electrons. The number of ether oxygens (including phenoxy) is 1. The molecule has 1 amide bonds. The average molecular weight is 470 g/mol. The van der Waals surface area contributed by atoms with Gasteiger partial charge in [-0.2, -0.15) is 0 Å². The summed E-state index contributed by atoms with van der Waals surface area (Å²) in [6, 6.07) is 13.9. The first kappa shape index (κ1) is 23.3. The molecule has 1 saturated heterocycles. The molecule has 1 aromatic heterocycles. The molecule has 0 saturated carbocycles. The molecule has 0 bridgehead atoms. The Labute approximate surface area is 197 Å². The molecule has 7 nitrogen and oxygen atoms in total. The zero-order valence-electron chi connectivity index (χ0n) is 18.7. The molecular weight excluding hydrogens is 441 g/mol. The van der Waals surface area contributed by atoms with Crippen molar-refractivity contribution in [1.29, 1.82) is 0 Å². The second kappa shape index (κ2) is 11.3. The normalized spacial score (nSPS) is 14.2. The van der Waals surface area contributed by atoms with Crippen molar-refractivity contribution in [1.82, 2.24) is 25.0 Å². The Bertz CT molecular complexity index is 1070. The van der Waals surface area contributed by atoms with Crippen LogP contribution in [0.15, 0.2) is 53.7 Å². The Hall–Kier alpha value is -2.91. The monoisotopic (exact) mass is 469 g/mol. The summed E-state index contributed by atoms with van der Waals surface area (Å²) in [6.07, 6.45) is 3.61. The van der Waals surface area contributed by atoms with Crippen molar-refractivity contribution in [2.45, 2.75) is 37.5 Å². The fraction of sp³-hybridized carbons (Fsp3) is 0.375. The van der Waals surface area contributed by atoms with Crippen LogP contribution < -0.4 is 10.1 Å². The molecule has 4 rings (SSSR count). The summed E-state index contributed by atoms with van der Waals surface area (Å²) in [4.78, 5) is 14.9. The quantitative estimate of drug-likeness (QED) is 0.481. The number of para-hydroxylation sites is 1. The number of benzene rings is 2. The van der Waals surface area contributed by atoms with E-state index in [1.54, 1.807) is 19.2 Å². The molecule has 174 valence electrons. The maximum atomic E-state index is 13.5. The molecule has 1 fully saturated rings. The van der Waals surface area contributed by atoms with E-state index in [-0.39, 0.29) is 17.5 Å². The van der Waals surface area contributed by atoms with Crippen molar-refractivity contribution in [3.63, 3.8) is 0 Å². The molecule has 0 unspecified atom stereocenters. The number of methoxy groups -OCH3 is 1. The fourth-order valence-electron chi connectivity index (χ4n) is 3.89. The number of piperidine rings is 1. The molecule has 9 heteroatoms. The number of carbonyl (C=O) groups excluding carboxylic acids is 1. The van der Waals surface area contributed by atoms with E-state index in [4.69, 9.17) is 4.74 Å². The van der Waals surface area contributed by atoms with Crippen molar-refractivity contribution in [3.8, 4) is 11.4 Å². The van der Waals surface area contributed by atoms with E-state index in [1.807, 2.05) is 28.8 Å². The van der Waals surface area contributed by atoms with E-state index in [0.29, 0.717) is 18.2 Å². The highest BCUT2D eigenvalue weighted by molar-refractivity contribution is 7.99. The van der Waals surface area contributed by atoms with Crippen LogP contribution in [-0.2, 0) is 17.9 Å². The van der Waals surface area contributed by atoms with Crippen LogP contribution in [0.25, 0.3) is 5.69 Å². The van der Waals surface area contributed by atoms with Gasteiger partial charge in [-0.05, 0) is 56.3 Å². The first-order chi connectivity index (χ1) is 16.1. The van der Waals surface area contributed by atoms with Crippen LogP contribution >= 0.6 is 11.8 Å². The molecule has 1 aliphatic heterocycles. The minimum Gasteiger partial charge on any atom is -0.496 e. The number of rotatable bonds is 9. The Morgan fingerprint density at radius 2 is 1.85 bits per heavy atom. The zero-order chi connectivity index (χ0) is 23.0. The molecule has 1 aliphatic rings. The molecule has 0 atom stereocenters. The van der Waals surface area contributed by atoms with Gasteiger partial charge in [0.2, 0.25) is 5.91 Å². The van der Waals surface area contributed by atoms with Gasteiger partial charge in [0.05, 0.1) is 19.4 Å². The zero-order valence-corrected chi connectivity index (χ0v) is 19.5. The van der Waals surface area contributed by atoms with Crippen molar-refractivity contribution in [3.05, 3.63) is 65.7 Å². The Kier molecular flexibility index (Phi) is 7.96. The summed E-state index contributed by atoms with van der Waals surface area (Å²) >= 11 is 1.32. The molecule has 0 spiro atoms. The second-order valence-corrected chi connectivity index (χ2v) is 8.87. The van der Waals surface area contributed by atoms with Gasteiger partial charge in [0.1, 0.15) is 11.6 Å². The second-order valence-electron chi connectivity index (χ2n) is 7.92. The maximum Gasteiger partial charge on any atom is 0.230 e. The van der Waals surface area contributed by atoms with Gasteiger partial charge in [-0.25, -0.2) is 4.39 Å². The SMILES string of the molecule is COc1ccccc1CNC(=O)CSc1nnc(CN2CCCCC2)n1-c1ccc(F)cc1. The van der Waals surface area contributed by atoms with E-state index in [0.717, 1.165) is 35.9 Å². The van der Waals surface area contributed by atoms with Crippen LogP contribution in [0, 0.1) is 5.82 Å². The molecule has 1 N–H and O–H groups in total. The first-order valence-electron chi connectivity index (χ1n) is 11.1. The van der Waals surface area contributed by atoms with Gasteiger partial charge in [0.15, 0.2) is 11.0 Å². The van der Waals surface area contributed by atoms with Crippen molar-refractivity contribution in [2.75, 3.05) is 26.0 Å². The predicted octanol–water partition coefficient (Wildman–Crippen LogP) is 3.81. The molecule has 3 aromatic rings. The van der Waals surface area contributed by atoms with Crippen molar-refractivity contribution >= 4 is 17.7 Å². The highest BCUT2D eigenvalue weighted by Crippen LogP contribution is 2.24. The summed E-state index contributed by atoms with van der Waals surface area (Å²) in [7, 11) is 1.61. The number of amides is 1. The van der Waals surface area contributed by atoms with Crippen molar-refractivity contribution in [2.24, 2.45) is 0 Å². The van der Waals surface area contributed by atoms with Crippen LogP contribution in [0.5, 0.6) is 5.75 Å². The molecule has 2 aromatic carbocycles. The lowest BCUT2D eigenvalue weighted by Crippen LogP contribution is -2.30. The third kappa shape index (κ3) is 6.11. The average Bonchev–Trinajstić information content (AvgIpc) is 3.25. The number of hydrogen-bond acceptors (Lipinski definition) is 6. The summed E-state index contributed by atoms with van der Waals surface area (Å²) in [5.41, 5.74) is 1.70. The van der Waals surface area contributed by atoms with E-state index >= 15 is 0 Å². The standard InChI is InChI=1S/C24H28FN5O2S/c1-32-21-8-4-3-7-18(21)15-26-23(31)17-33-24-28-27-22(16-29-13-5-2-6-14-29)30(24)20-11-9-19(25)10-12-20/h3-4,7-12H,2,5-6,13-17H2,1H3,(H,26,31). The fourth-order valence-corrected chi connectivity index (χ4v) is 4.69. The van der Waals surface area contributed by atoms with Crippen molar-refractivity contribution < 1.29 is 13.9 Å². The smallest absolute Gasteiger partial charge is 0.230 e. The number of thioether (sulfide) groups is 1. The minimum atomic E-state index is -0.297. The largest absolute Gasteiger partial charge is 0.496 e. The third-order valence-corrected chi connectivity index (χ3v) is 6.53. The summed E-state index contributed by atoms with van der Waals surface area (Å²) < 4.78 is 20.8. The van der Waals surface area contributed by atoms with Crippen LogP contribution in [-0.4, -0.2) is 51.5 Å². The number of nitrogens with zero attached hydrogens (tertiary/aromatic N) is 4. The number of nitrogens with one attached hydrogen (secondary N) is 1. The highest BCUT2D eigenvalue weighted by atomic mass is 32.2. The summed E-state index contributed by atoms with van der Waals surface area (Å²) in [6.45, 7) is 3.12. The number of hydrogen-bond donors (Lipinski definition) is 1. The van der Waals surface area contributed by atoms with E-state index < -0.39 is 0 Å². The predicted molar refractivity (Wildman–Crippen MR) is 126 cm³/mol. The third-order valence-electron chi connectivity index (χ3n) is 5.60. The van der Waals surface area contributed by atoms with E-state index in [9.17, 15) is 9.18 Å². The van der Waals surface area contributed by atoms with Crippen LogP contribution in [0.2, 0.25) is 0 Å². The lowest BCUT2D eigenvalue weighted by atomic mass is 10.1. The summed E-state index contributed by atoms with van der Waals surface area (Å²) in [5, 5.41) is 12.3. The van der Waals surface area contributed by atoms with Gasteiger partial charge >= 0.3 is 0 Å². The number of halogens is 1. The van der Waals surface area contributed by atoms with Crippen LogP contribution in [0.1, 0.15) is 30.7 Å². The van der Waals surface area contributed by atoms with Gasteiger partial charge in [-0.3, -0.25) is 14.3 Å². The van der Waals surface area contributed by atoms with E-state index in [2.05, 4.69) is 20.4 Å². The topological polar surface area (TPSA) is 72.3 Å².